The minimum atomic E-state index is 0.300. The van der Waals surface area contributed by atoms with Gasteiger partial charge in [0, 0.05) is 39.1 Å². The molecule has 92 valence electrons. The molecule has 1 saturated heterocycles. The van der Waals surface area contributed by atoms with E-state index in [0.717, 1.165) is 45.7 Å². The molecule has 0 spiro atoms. The molecule has 0 radical (unpaired) electrons. The Kier molecular flexibility index (Phi) is 6.11. The molecule has 0 aromatic heterocycles. The number of hydrogen-bond donors (Lipinski definition) is 1. The third-order valence-electron chi connectivity index (χ3n) is 2.93. The van der Waals surface area contributed by atoms with Crippen molar-refractivity contribution in [2.75, 3.05) is 46.3 Å². The van der Waals surface area contributed by atoms with Crippen LogP contribution in [0.2, 0.25) is 0 Å². The molecular weight excluding hydrogens is 202 g/mol. The molecule has 0 aliphatic carbocycles. The van der Waals surface area contributed by atoms with Crippen LogP contribution in [-0.2, 0) is 4.79 Å². The van der Waals surface area contributed by atoms with Crippen molar-refractivity contribution in [3.8, 4) is 0 Å². The van der Waals surface area contributed by atoms with Crippen molar-refractivity contribution in [1.82, 2.24) is 15.1 Å². The standard InChI is InChI=1S/C12H23N3O/c1-3-7-14-8-10-15(11-9-14)12(16)5-4-6-13-2/h3,13H,1,4-11H2,2H3. The molecule has 0 bridgehead atoms. The van der Waals surface area contributed by atoms with Gasteiger partial charge in [-0.05, 0) is 20.0 Å². The number of nitrogens with one attached hydrogen (secondary N) is 1. The van der Waals surface area contributed by atoms with Gasteiger partial charge in [0.05, 0.1) is 0 Å². The van der Waals surface area contributed by atoms with Gasteiger partial charge in [0.25, 0.3) is 0 Å². The van der Waals surface area contributed by atoms with E-state index in [1.54, 1.807) is 0 Å². The van der Waals surface area contributed by atoms with Crippen LogP contribution in [0.4, 0.5) is 0 Å². The lowest BCUT2D eigenvalue weighted by Crippen LogP contribution is -2.48. The van der Waals surface area contributed by atoms with E-state index in [2.05, 4.69) is 16.8 Å². The van der Waals surface area contributed by atoms with E-state index >= 15 is 0 Å². The quantitative estimate of drug-likeness (QED) is 0.522. The van der Waals surface area contributed by atoms with Crippen LogP contribution in [0.5, 0.6) is 0 Å². The zero-order chi connectivity index (χ0) is 11.8. The van der Waals surface area contributed by atoms with Crippen LogP contribution in [0.3, 0.4) is 0 Å². The maximum atomic E-state index is 11.8. The van der Waals surface area contributed by atoms with Gasteiger partial charge in [0.2, 0.25) is 5.91 Å². The molecule has 1 amide bonds. The van der Waals surface area contributed by atoms with Gasteiger partial charge in [0.1, 0.15) is 0 Å². The molecule has 1 heterocycles. The van der Waals surface area contributed by atoms with Crippen LogP contribution >= 0.6 is 0 Å². The van der Waals surface area contributed by atoms with Crippen molar-refractivity contribution in [2.24, 2.45) is 0 Å². The van der Waals surface area contributed by atoms with E-state index in [4.69, 9.17) is 0 Å². The Hall–Kier alpha value is -0.870. The van der Waals surface area contributed by atoms with Crippen molar-refractivity contribution in [2.45, 2.75) is 12.8 Å². The highest BCUT2D eigenvalue weighted by molar-refractivity contribution is 5.76. The zero-order valence-corrected chi connectivity index (χ0v) is 10.2. The maximum absolute atomic E-state index is 11.8. The van der Waals surface area contributed by atoms with Gasteiger partial charge in [-0.15, -0.1) is 6.58 Å². The summed E-state index contributed by atoms with van der Waals surface area (Å²) < 4.78 is 0. The maximum Gasteiger partial charge on any atom is 0.222 e. The fourth-order valence-electron chi connectivity index (χ4n) is 1.94. The Balaban J connectivity index is 2.19. The average Bonchev–Trinajstić information content (AvgIpc) is 2.30. The minimum absolute atomic E-state index is 0.300. The molecule has 4 heteroatoms. The van der Waals surface area contributed by atoms with Crippen LogP contribution in [0.15, 0.2) is 12.7 Å². The van der Waals surface area contributed by atoms with Crippen molar-refractivity contribution in [3.63, 3.8) is 0 Å². The van der Waals surface area contributed by atoms with Gasteiger partial charge < -0.3 is 10.2 Å². The molecule has 16 heavy (non-hydrogen) atoms. The van der Waals surface area contributed by atoms with Gasteiger partial charge in [0.15, 0.2) is 0 Å². The minimum Gasteiger partial charge on any atom is -0.340 e. The molecule has 0 saturated carbocycles. The molecule has 4 nitrogen and oxygen atoms in total. The van der Waals surface area contributed by atoms with E-state index in [9.17, 15) is 4.79 Å². The first-order valence-corrected chi connectivity index (χ1v) is 6.03. The first kappa shape index (κ1) is 13.2. The highest BCUT2D eigenvalue weighted by Crippen LogP contribution is 2.04. The van der Waals surface area contributed by atoms with Gasteiger partial charge in [-0.3, -0.25) is 9.69 Å². The summed E-state index contributed by atoms with van der Waals surface area (Å²) in [4.78, 5) is 16.1. The van der Waals surface area contributed by atoms with E-state index in [-0.39, 0.29) is 0 Å². The summed E-state index contributed by atoms with van der Waals surface area (Å²) >= 11 is 0. The van der Waals surface area contributed by atoms with Crippen molar-refractivity contribution < 1.29 is 4.79 Å². The Labute approximate surface area is 98.3 Å². The summed E-state index contributed by atoms with van der Waals surface area (Å²) in [7, 11) is 1.92. The van der Waals surface area contributed by atoms with Crippen LogP contribution in [-0.4, -0.2) is 62.0 Å². The lowest BCUT2D eigenvalue weighted by molar-refractivity contribution is -0.132. The first-order valence-electron chi connectivity index (χ1n) is 6.03. The number of carbonyl (C=O) groups excluding carboxylic acids is 1. The molecule has 1 aliphatic heterocycles. The highest BCUT2D eigenvalue weighted by Gasteiger charge is 2.19. The summed E-state index contributed by atoms with van der Waals surface area (Å²) in [6, 6.07) is 0. The predicted molar refractivity (Wildman–Crippen MR) is 66.4 cm³/mol. The number of nitrogens with zero attached hydrogens (tertiary/aromatic N) is 2. The summed E-state index contributed by atoms with van der Waals surface area (Å²) in [6.07, 6.45) is 3.52. The van der Waals surface area contributed by atoms with Crippen molar-refractivity contribution in [1.29, 1.82) is 0 Å². The molecule has 0 aromatic rings. The van der Waals surface area contributed by atoms with Crippen molar-refractivity contribution in [3.05, 3.63) is 12.7 Å². The second-order valence-corrected chi connectivity index (χ2v) is 4.18. The average molecular weight is 225 g/mol. The summed E-state index contributed by atoms with van der Waals surface area (Å²) in [5.41, 5.74) is 0. The monoisotopic (exact) mass is 225 g/mol. The van der Waals surface area contributed by atoms with Crippen LogP contribution in [0.1, 0.15) is 12.8 Å². The van der Waals surface area contributed by atoms with Gasteiger partial charge in [-0.25, -0.2) is 0 Å². The largest absolute Gasteiger partial charge is 0.340 e. The first-order chi connectivity index (χ1) is 7.77. The topological polar surface area (TPSA) is 35.6 Å². The van der Waals surface area contributed by atoms with Crippen LogP contribution < -0.4 is 5.32 Å². The number of amides is 1. The molecule has 1 rings (SSSR count). The fraction of sp³-hybridized carbons (Fsp3) is 0.750. The summed E-state index contributed by atoms with van der Waals surface area (Å²) in [5, 5.41) is 3.06. The SMILES string of the molecule is C=CCN1CCN(C(=O)CCCNC)CC1. The smallest absolute Gasteiger partial charge is 0.222 e. The van der Waals surface area contributed by atoms with Gasteiger partial charge in [-0.2, -0.15) is 0 Å². The van der Waals surface area contributed by atoms with E-state index in [1.165, 1.54) is 0 Å². The predicted octanol–water partition coefficient (Wildman–Crippen LogP) is 0.316. The molecule has 1 aliphatic rings. The molecule has 0 atom stereocenters. The van der Waals surface area contributed by atoms with Crippen molar-refractivity contribution >= 4 is 5.91 Å². The molecular formula is C12H23N3O. The Bertz CT molecular complexity index is 222. The number of carbonyl (C=O) groups is 1. The van der Waals surface area contributed by atoms with Gasteiger partial charge >= 0.3 is 0 Å². The highest BCUT2D eigenvalue weighted by atomic mass is 16.2. The fourth-order valence-corrected chi connectivity index (χ4v) is 1.94. The lowest BCUT2D eigenvalue weighted by Gasteiger charge is -2.34. The molecule has 0 unspecified atom stereocenters. The van der Waals surface area contributed by atoms with Gasteiger partial charge in [-0.1, -0.05) is 6.08 Å². The number of hydrogen-bond acceptors (Lipinski definition) is 3. The number of rotatable bonds is 6. The molecule has 1 N–H and O–H groups in total. The second-order valence-electron chi connectivity index (χ2n) is 4.18. The summed E-state index contributed by atoms with van der Waals surface area (Å²) in [5.74, 6) is 0.300. The van der Waals surface area contributed by atoms with Crippen LogP contribution in [0.25, 0.3) is 0 Å². The third-order valence-corrected chi connectivity index (χ3v) is 2.93. The summed E-state index contributed by atoms with van der Waals surface area (Å²) in [6.45, 7) is 9.27. The van der Waals surface area contributed by atoms with Crippen LogP contribution in [0, 0.1) is 0 Å². The Morgan fingerprint density at radius 3 is 2.62 bits per heavy atom. The molecule has 1 fully saturated rings. The Morgan fingerprint density at radius 1 is 1.38 bits per heavy atom. The van der Waals surface area contributed by atoms with E-state index in [0.29, 0.717) is 12.3 Å². The van der Waals surface area contributed by atoms with E-state index in [1.807, 2.05) is 18.0 Å². The zero-order valence-electron chi connectivity index (χ0n) is 10.2. The Morgan fingerprint density at radius 2 is 2.06 bits per heavy atom. The molecule has 0 aromatic carbocycles. The lowest BCUT2D eigenvalue weighted by atomic mass is 10.2. The second kappa shape index (κ2) is 7.41. The normalized spacial score (nSPS) is 17.4. The third kappa shape index (κ3) is 4.33. The number of piperazine rings is 1. The van der Waals surface area contributed by atoms with E-state index < -0.39 is 0 Å².